The van der Waals surface area contributed by atoms with Gasteiger partial charge in [0.1, 0.15) is 18.4 Å². The first-order valence-corrected chi connectivity index (χ1v) is 6.22. The molecule has 0 saturated carbocycles. The van der Waals surface area contributed by atoms with Gasteiger partial charge in [0, 0.05) is 24.7 Å². The Kier molecular flexibility index (Phi) is 4.35. The molecule has 2 rings (SSSR count). The van der Waals surface area contributed by atoms with Gasteiger partial charge in [0.2, 0.25) is 11.8 Å². The van der Waals surface area contributed by atoms with E-state index in [1.165, 1.54) is 0 Å². The second-order valence-corrected chi connectivity index (χ2v) is 4.31. The summed E-state index contributed by atoms with van der Waals surface area (Å²) in [5.41, 5.74) is 6.00. The van der Waals surface area contributed by atoms with Gasteiger partial charge in [0.15, 0.2) is 0 Å². The summed E-state index contributed by atoms with van der Waals surface area (Å²) in [6.45, 7) is 0.862. The molecular formula is C13H17N3O3. The smallest absolute Gasteiger partial charge is 0.246 e. The molecule has 0 bridgehead atoms. The molecule has 19 heavy (non-hydrogen) atoms. The standard InChI is InChI=1S/C13H17N3O3/c14-6-7-19-10-3-1-2-9(8-10)15-13(18)11-4-5-12(17)16-11/h1-3,8,11H,4-7,14H2,(H,15,18)(H,16,17)/t11-/m1/s1. The number of nitrogens with one attached hydrogen (secondary N) is 2. The van der Waals surface area contributed by atoms with E-state index in [4.69, 9.17) is 10.5 Å². The lowest BCUT2D eigenvalue weighted by atomic mass is 10.2. The largest absolute Gasteiger partial charge is 0.492 e. The van der Waals surface area contributed by atoms with Crippen LogP contribution < -0.4 is 21.1 Å². The molecule has 1 saturated heterocycles. The molecule has 2 amide bonds. The fraction of sp³-hybridized carbons (Fsp3) is 0.385. The number of hydrogen-bond acceptors (Lipinski definition) is 4. The van der Waals surface area contributed by atoms with E-state index in [9.17, 15) is 9.59 Å². The zero-order valence-corrected chi connectivity index (χ0v) is 10.5. The second-order valence-electron chi connectivity index (χ2n) is 4.31. The van der Waals surface area contributed by atoms with E-state index in [0.717, 1.165) is 0 Å². The Labute approximate surface area is 111 Å². The van der Waals surface area contributed by atoms with Gasteiger partial charge in [-0.25, -0.2) is 0 Å². The maximum atomic E-state index is 11.9. The van der Waals surface area contributed by atoms with Crippen molar-refractivity contribution in [3.8, 4) is 5.75 Å². The number of anilines is 1. The van der Waals surface area contributed by atoms with E-state index < -0.39 is 6.04 Å². The number of carbonyl (C=O) groups is 2. The molecule has 1 fully saturated rings. The third-order valence-corrected chi connectivity index (χ3v) is 2.80. The van der Waals surface area contributed by atoms with Crippen LogP contribution in [0.25, 0.3) is 0 Å². The zero-order valence-electron chi connectivity index (χ0n) is 10.5. The van der Waals surface area contributed by atoms with Crippen LogP contribution in [0.5, 0.6) is 5.75 Å². The van der Waals surface area contributed by atoms with Crippen LogP contribution in [0.4, 0.5) is 5.69 Å². The molecule has 0 aliphatic carbocycles. The lowest BCUT2D eigenvalue weighted by Gasteiger charge is -2.12. The zero-order chi connectivity index (χ0) is 13.7. The number of hydrogen-bond donors (Lipinski definition) is 3. The van der Waals surface area contributed by atoms with Crippen molar-refractivity contribution in [2.45, 2.75) is 18.9 Å². The maximum Gasteiger partial charge on any atom is 0.246 e. The molecule has 0 unspecified atom stereocenters. The minimum Gasteiger partial charge on any atom is -0.492 e. The predicted molar refractivity (Wildman–Crippen MR) is 70.8 cm³/mol. The van der Waals surface area contributed by atoms with Gasteiger partial charge < -0.3 is 21.1 Å². The summed E-state index contributed by atoms with van der Waals surface area (Å²) in [4.78, 5) is 23.0. The highest BCUT2D eigenvalue weighted by atomic mass is 16.5. The fourth-order valence-corrected chi connectivity index (χ4v) is 1.88. The van der Waals surface area contributed by atoms with Crippen LogP contribution in [-0.4, -0.2) is 31.0 Å². The van der Waals surface area contributed by atoms with Gasteiger partial charge in [-0.1, -0.05) is 6.07 Å². The predicted octanol–water partition coefficient (Wildman–Crippen LogP) is 0.241. The van der Waals surface area contributed by atoms with E-state index in [0.29, 0.717) is 37.4 Å². The summed E-state index contributed by atoms with van der Waals surface area (Å²) in [5, 5.41) is 5.38. The molecule has 4 N–H and O–H groups in total. The molecular weight excluding hydrogens is 246 g/mol. The summed E-state index contributed by atoms with van der Waals surface area (Å²) in [6, 6.07) is 6.63. The summed E-state index contributed by atoms with van der Waals surface area (Å²) >= 11 is 0. The van der Waals surface area contributed by atoms with E-state index in [1.807, 2.05) is 0 Å². The van der Waals surface area contributed by atoms with Gasteiger partial charge in [0.05, 0.1) is 0 Å². The molecule has 1 atom stereocenters. The maximum absolute atomic E-state index is 11.9. The number of amides is 2. The molecule has 1 aliphatic rings. The second kappa shape index (κ2) is 6.19. The molecule has 0 radical (unpaired) electrons. The number of rotatable bonds is 5. The number of nitrogens with two attached hydrogens (primary N) is 1. The molecule has 0 aromatic heterocycles. The molecule has 1 heterocycles. The average molecular weight is 263 g/mol. The molecule has 1 aromatic rings. The van der Waals surface area contributed by atoms with E-state index >= 15 is 0 Å². The van der Waals surface area contributed by atoms with Gasteiger partial charge >= 0.3 is 0 Å². The van der Waals surface area contributed by atoms with Crippen molar-refractivity contribution in [1.29, 1.82) is 0 Å². The summed E-state index contributed by atoms with van der Waals surface area (Å²) in [7, 11) is 0. The van der Waals surface area contributed by atoms with Crippen molar-refractivity contribution in [3.05, 3.63) is 24.3 Å². The van der Waals surface area contributed by atoms with Gasteiger partial charge in [-0.3, -0.25) is 9.59 Å². The Morgan fingerprint density at radius 2 is 2.37 bits per heavy atom. The Morgan fingerprint density at radius 3 is 3.05 bits per heavy atom. The molecule has 1 aliphatic heterocycles. The Morgan fingerprint density at radius 1 is 1.53 bits per heavy atom. The van der Waals surface area contributed by atoms with Crippen molar-refractivity contribution in [1.82, 2.24) is 5.32 Å². The fourth-order valence-electron chi connectivity index (χ4n) is 1.88. The number of ether oxygens (including phenoxy) is 1. The van der Waals surface area contributed by atoms with Crippen molar-refractivity contribution in [2.75, 3.05) is 18.5 Å². The van der Waals surface area contributed by atoms with Crippen LogP contribution in [0.3, 0.4) is 0 Å². The van der Waals surface area contributed by atoms with Crippen LogP contribution >= 0.6 is 0 Å². The van der Waals surface area contributed by atoms with Crippen LogP contribution in [0.2, 0.25) is 0 Å². The third-order valence-electron chi connectivity index (χ3n) is 2.80. The minimum absolute atomic E-state index is 0.0832. The highest BCUT2D eigenvalue weighted by Gasteiger charge is 2.27. The quantitative estimate of drug-likeness (QED) is 0.709. The molecule has 1 aromatic carbocycles. The summed E-state index contributed by atoms with van der Waals surface area (Å²) in [6.07, 6.45) is 0.936. The van der Waals surface area contributed by atoms with Crippen LogP contribution in [0.1, 0.15) is 12.8 Å². The Bertz CT molecular complexity index is 476. The topological polar surface area (TPSA) is 93.4 Å². The number of benzene rings is 1. The molecule has 6 heteroatoms. The average Bonchev–Trinajstić information content (AvgIpc) is 2.83. The van der Waals surface area contributed by atoms with Gasteiger partial charge in [-0.05, 0) is 18.6 Å². The summed E-state index contributed by atoms with van der Waals surface area (Å²) in [5.74, 6) is 0.362. The lowest BCUT2D eigenvalue weighted by molar-refractivity contribution is -0.122. The van der Waals surface area contributed by atoms with E-state index in [-0.39, 0.29) is 11.8 Å². The highest BCUT2D eigenvalue weighted by molar-refractivity contribution is 5.99. The van der Waals surface area contributed by atoms with Crippen molar-refractivity contribution in [3.63, 3.8) is 0 Å². The van der Waals surface area contributed by atoms with Crippen LogP contribution in [0, 0.1) is 0 Å². The first kappa shape index (κ1) is 13.4. The van der Waals surface area contributed by atoms with E-state index in [1.54, 1.807) is 24.3 Å². The van der Waals surface area contributed by atoms with Gasteiger partial charge in [-0.15, -0.1) is 0 Å². The van der Waals surface area contributed by atoms with E-state index in [2.05, 4.69) is 10.6 Å². The van der Waals surface area contributed by atoms with Crippen molar-refractivity contribution in [2.24, 2.45) is 5.73 Å². The first-order chi connectivity index (χ1) is 9.19. The van der Waals surface area contributed by atoms with Crippen LogP contribution in [0.15, 0.2) is 24.3 Å². The molecule has 102 valence electrons. The molecule has 6 nitrogen and oxygen atoms in total. The van der Waals surface area contributed by atoms with Crippen LogP contribution in [-0.2, 0) is 9.59 Å². The lowest BCUT2D eigenvalue weighted by Crippen LogP contribution is -2.37. The SMILES string of the molecule is NCCOc1cccc(NC(=O)[C@H]2CCC(=O)N2)c1. The molecule has 0 spiro atoms. The normalized spacial score (nSPS) is 17.9. The summed E-state index contributed by atoms with van der Waals surface area (Å²) < 4.78 is 5.37. The Hall–Kier alpha value is -2.08. The van der Waals surface area contributed by atoms with Crippen molar-refractivity contribution >= 4 is 17.5 Å². The first-order valence-electron chi connectivity index (χ1n) is 6.22. The third kappa shape index (κ3) is 3.69. The van der Waals surface area contributed by atoms with Gasteiger partial charge in [0.25, 0.3) is 0 Å². The highest BCUT2D eigenvalue weighted by Crippen LogP contribution is 2.18. The Balaban J connectivity index is 1.94. The number of carbonyl (C=O) groups excluding carboxylic acids is 2. The minimum atomic E-state index is -0.443. The van der Waals surface area contributed by atoms with Crippen molar-refractivity contribution < 1.29 is 14.3 Å². The monoisotopic (exact) mass is 263 g/mol. The van der Waals surface area contributed by atoms with Gasteiger partial charge in [-0.2, -0.15) is 0 Å².